The highest BCUT2D eigenvalue weighted by molar-refractivity contribution is 8.13. The predicted molar refractivity (Wildman–Crippen MR) is 61.7 cm³/mol. The molecule has 1 aromatic heterocycles. The third-order valence-electron chi connectivity index (χ3n) is 2.21. The van der Waals surface area contributed by atoms with E-state index in [0.717, 1.165) is 0 Å². The molecular weight excluding hydrogens is 248 g/mol. The van der Waals surface area contributed by atoms with Crippen LogP contribution in [0.2, 0.25) is 0 Å². The lowest BCUT2D eigenvalue weighted by Gasteiger charge is -2.06. The molecule has 2 aromatic rings. The molecule has 2 rings (SSSR count). The Kier molecular flexibility index (Phi) is 2.73. The predicted octanol–water partition coefficient (Wildman–Crippen LogP) is 2.01. The summed E-state index contributed by atoms with van der Waals surface area (Å²) in [7, 11) is 3.40. The Morgan fingerprint density at radius 3 is 2.56 bits per heavy atom. The first-order valence-corrected chi connectivity index (χ1v) is 6.82. The molecule has 0 radical (unpaired) electrons. The molecule has 0 bridgehead atoms. The van der Waals surface area contributed by atoms with Crippen LogP contribution in [-0.2, 0) is 16.1 Å². The molecule has 0 aliphatic heterocycles. The summed E-state index contributed by atoms with van der Waals surface area (Å²) in [4.78, 5) is 4.18. The molecule has 6 heteroatoms. The van der Waals surface area contributed by atoms with Crippen LogP contribution < -0.4 is 0 Å². The van der Waals surface area contributed by atoms with Crippen molar-refractivity contribution in [2.45, 2.75) is 4.90 Å². The average Bonchev–Trinajstić information content (AvgIpc) is 2.63. The van der Waals surface area contributed by atoms with Gasteiger partial charge in [-0.1, -0.05) is 12.1 Å². The third kappa shape index (κ3) is 1.96. The highest BCUT2D eigenvalue weighted by Gasteiger charge is 2.18. The maximum atomic E-state index is 11.4. The molecule has 16 heavy (non-hydrogen) atoms. The van der Waals surface area contributed by atoms with Crippen molar-refractivity contribution in [3.05, 3.63) is 36.7 Å². The maximum absolute atomic E-state index is 11.4. The minimum Gasteiger partial charge on any atom is -0.334 e. The van der Waals surface area contributed by atoms with Crippen molar-refractivity contribution in [3.8, 4) is 11.4 Å². The van der Waals surface area contributed by atoms with Crippen LogP contribution in [0.4, 0.5) is 0 Å². The molecule has 0 amide bonds. The lowest BCUT2D eigenvalue weighted by molar-refractivity contribution is 0.609. The van der Waals surface area contributed by atoms with Gasteiger partial charge in [-0.2, -0.15) is 0 Å². The van der Waals surface area contributed by atoms with Crippen molar-refractivity contribution in [1.82, 2.24) is 9.55 Å². The van der Waals surface area contributed by atoms with Crippen molar-refractivity contribution in [2.24, 2.45) is 7.05 Å². The largest absolute Gasteiger partial charge is 0.334 e. The highest BCUT2D eigenvalue weighted by atomic mass is 35.7. The monoisotopic (exact) mass is 256 g/mol. The number of nitrogens with zero attached hydrogens (tertiary/aromatic N) is 2. The van der Waals surface area contributed by atoms with Crippen LogP contribution in [0, 0.1) is 0 Å². The molecule has 84 valence electrons. The molecule has 4 nitrogen and oxygen atoms in total. The summed E-state index contributed by atoms with van der Waals surface area (Å²) in [6.07, 6.45) is 3.35. The first kappa shape index (κ1) is 11.2. The summed E-state index contributed by atoms with van der Waals surface area (Å²) in [5, 5.41) is 0. The van der Waals surface area contributed by atoms with Crippen molar-refractivity contribution in [2.75, 3.05) is 0 Å². The molecule has 0 atom stereocenters. The van der Waals surface area contributed by atoms with Crippen molar-refractivity contribution < 1.29 is 8.42 Å². The van der Waals surface area contributed by atoms with E-state index in [0.29, 0.717) is 11.4 Å². The lowest BCUT2D eigenvalue weighted by atomic mass is 10.2. The van der Waals surface area contributed by atoms with Crippen LogP contribution in [0.1, 0.15) is 0 Å². The Morgan fingerprint density at radius 2 is 2.00 bits per heavy atom. The molecule has 0 saturated carbocycles. The lowest BCUT2D eigenvalue weighted by Crippen LogP contribution is -1.98. The number of hydrogen-bond donors (Lipinski definition) is 0. The second kappa shape index (κ2) is 3.92. The van der Waals surface area contributed by atoms with Crippen LogP contribution >= 0.6 is 10.7 Å². The minimum atomic E-state index is -3.76. The molecule has 0 fully saturated rings. The van der Waals surface area contributed by atoms with Crippen LogP contribution in [0.3, 0.4) is 0 Å². The number of aryl methyl sites for hydroxylation is 1. The van der Waals surface area contributed by atoms with Gasteiger partial charge in [0.25, 0.3) is 9.05 Å². The molecule has 0 aliphatic rings. The number of imidazole rings is 1. The van der Waals surface area contributed by atoms with Crippen LogP contribution in [0.15, 0.2) is 41.6 Å². The van der Waals surface area contributed by atoms with Crippen LogP contribution in [0.25, 0.3) is 11.4 Å². The Morgan fingerprint density at radius 1 is 1.31 bits per heavy atom. The van der Waals surface area contributed by atoms with Crippen LogP contribution in [-0.4, -0.2) is 18.0 Å². The fraction of sp³-hybridized carbons (Fsp3) is 0.100. The SMILES string of the molecule is Cn1ccnc1-c1ccccc1S(=O)(=O)Cl. The van der Waals surface area contributed by atoms with E-state index in [1.165, 1.54) is 6.07 Å². The van der Waals surface area contributed by atoms with Gasteiger partial charge >= 0.3 is 0 Å². The zero-order valence-corrected chi connectivity index (χ0v) is 10.0. The molecular formula is C10H9ClN2O2S. The Balaban J connectivity index is 2.72. The number of benzene rings is 1. The van der Waals surface area contributed by atoms with Crippen molar-refractivity contribution >= 4 is 19.7 Å². The smallest absolute Gasteiger partial charge is 0.262 e. The van der Waals surface area contributed by atoms with E-state index in [2.05, 4.69) is 4.98 Å². The molecule has 0 N–H and O–H groups in total. The van der Waals surface area contributed by atoms with Crippen molar-refractivity contribution in [3.63, 3.8) is 0 Å². The Bertz CT molecular complexity index is 619. The summed E-state index contributed by atoms with van der Waals surface area (Å²) in [6, 6.07) is 6.52. The summed E-state index contributed by atoms with van der Waals surface area (Å²) >= 11 is 0. The van der Waals surface area contributed by atoms with Gasteiger partial charge in [-0.15, -0.1) is 0 Å². The first-order chi connectivity index (χ1) is 7.50. The van der Waals surface area contributed by atoms with Gasteiger partial charge in [-0.3, -0.25) is 0 Å². The number of aromatic nitrogens is 2. The number of hydrogen-bond acceptors (Lipinski definition) is 3. The second-order valence-electron chi connectivity index (χ2n) is 3.30. The van der Waals surface area contributed by atoms with E-state index >= 15 is 0 Å². The van der Waals surface area contributed by atoms with Gasteiger partial charge in [0.2, 0.25) is 0 Å². The fourth-order valence-electron chi connectivity index (χ4n) is 1.49. The zero-order chi connectivity index (χ0) is 11.8. The Hall–Kier alpha value is -1.33. The number of rotatable bonds is 2. The number of halogens is 1. The van der Waals surface area contributed by atoms with Gasteiger partial charge in [-0.25, -0.2) is 13.4 Å². The minimum absolute atomic E-state index is 0.0750. The standard InChI is InChI=1S/C10H9ClN2O2S/c1-13-7-6-12-10(13)8-4-2-3-5-9(8)16(11,14)15/h2-7H,1H3. The highest BCUT2D eigenvalue weighted by Crippen LogP contribution is 2.27. The average molecular weight is 257 g/mol. The second-order valence-corrected chi connectivity index (χ2v) is 5.83. The van der Waals surface area contributed by atoms with E-state index in [-0.39, 0.29) is 4.90 Å². The van der Waals surface area contributed by atoms with E-state index < -0.39 is 9.05 Å². The van der Waals surface area contributed by atoms with Gasteiger partial charge in [0, 0.05) is 35.7 Å². The summed E-state index contributed by atoms with van der Waals surface area (Å²) in [5.74, 6) is 0.569. The third-order valence-corrected chi connectivity index (χ3v) is 3.59. The fourth-order valence-corrected chi connectivity index (χ4v) is 2.56. The van der Waals surface area contributed by atoms with E-state index in [1.54, 1.807) is 42.2 Å². The van der Waals surface area contributed by atoms with E-state index in [9.17, 15) is 8.42 Å². The van der Waals surface area contributed by atoms with Crippen LogP contribution in [0.5, 0.6) is 0 Å². The van der Waals surface area contributed by atoms with Crippen molar-refractivity contribution in [1.29, 1.82) is 0 Å². The molecule has 0 aliphatic carbocycles. The van der Waals surface area contributed by atoms with E-state index in [1.807, 2.05) is 0 Å². The topological polar surface area (TPSA) is 52.0 Å². The zero-order valence-electron chi connectivity index (χ0n) is 8.46. The summed E-state index contributed by atoms with van der Waals surface area (Å²) in [6.45, 7) is 0. The summed E-state index contributed by atoms with van der Waals surface area (Å²) in [5.41, 5.74) is 0.505. The summed E-state index contributed by atoms with van der Waals surface area (Å²) < 4.78 is 24.5. The van der Waals surface area contributed by atoms with Gasteiger partial charge in [0.1, 0.15) is 5.82 Å². The van der Waals surface area contributed by atoms with Gasteiger partial charge in [0.05, 0.1) is 4.90 Å². The Labute approximate surface area is 97.9 Å². The molecule has 0 saturated heterocycles. The van der Waals surface area contributed by atoms with Gasteiger partial charge in [0.15, 0.2) is 0 Å². The molecule has 1 heterocycles. The maximum Gasteiger partial charge on any atom is 0.262 e. The first-order valence-electron chi connectivity index (χ1n) is 4.51. The normalized spacial score (nSPS) is 11.6. The van der Waals surface area contributed by atoms with E-state index in [4.69, 9.17) is 10.7 Å². The van der Waals surface area contributed by atoms with Gasteiger partial charge in [-0.05, 0) is 12.1 Å². The molecule has 1 aromatic carbocycles. The quantitative estimate of drug-likeness (QED) is 0.773. The van der Waals surface area contributed by atoms with Gasteiger partial charge < -0.3 is 4.57 Å². The molecule has 0 unspecified atom stereocenters. The molecule has 0 spiro atoms.